The first kappa shape index (κ1) is 16.8. The SMILES string of the molecule is C[C@H]1CN(c2ccc(-n3ncc4cc(F)c(O)c(F)c43)cc2)C[C@H](C)O1. The quantitative estimate of drug-likeness (QED) is 0.759. The van der Waals surface area contributed by atoms with Crippen LogP contribution in [0.25, 0.3) is 16.6 Å². The summed E-state index contributed by atoms with van der Waals surface area (Å²) in [5.41, 5.74) is 1.72. The Balaban J connectivity index is 1.70. The lowest BCUT2D eigenvalue weighted by atomic mass is 10.2. The van der Waals surface area contributed by atoms with Crippen LogP contribution in [0.15, 0.2) is 36.5 Å². The number of phenolic OH excluding ortho intramolecular Hbond substituents is 1. The van der Waals surface area contributed by atoms with Crippen LogP contribution < -0.4 is 4.90 Å². The van der Waals surface area contributed by atoms with Gasteiger partial charge in [-0.2, -0.15) is 5.10 Å². The lowest BCUT2D eigenvalue weighted by molar-refractivity contribution is -0.00521. The average molecular weight is 359 g/mol. The van der Waals surface area contributed by atoms with Gasteiger partial charge >= 0.3 is 0 Å². The van der Waals surface area contributed by atoms with Gasteiger partial charge in [-0.05, 0) is 44.2 Å². The van der Waals surface area contributed by atoms with E-state index in [9.17, 15) is 13.9 Å². The van der Waals surface area contributed by atoms with Crippen LogP contribution in [0.4, 0.5) is 14.5 Å². The van der Waals surface area contributed by atoms with Crippen LogP contribution in [0.1, 0.15) is 13.8 Å². The molecular weight excluding hydrogens is 340 g/mol. The molecule has 1 aromatic heterocycles. The molecule has 1 aliphatic rings. The summed E-state index contributed by atoms with van der Waals surface area (Å²) in [7, 11) is 0. The highest BCUT2D eigenvalue weighted by Crippen LogP contribution is 2.30. The zero-order valence-electron chi connectivity index (χ0n) is 14.5. The summed E-state index contributed by atoms with van der Waals surface area (Å²) < 4.78 is 34.9. The number of phenols is 1. The number of hydrogen-bond donors (Lipinski definition) is 1. The van der Waals surface area contributed by atoms with Gasteiger partial charge in [-0.15, -0.1) is 0 Å². The number of nitrogens with zero attached hydrogens (tertiary/aromatic N) is 3. The summed E-state index contributed by atoms with van der Waals surface area (Å²) in [6, 6.07) is 8.60. The Morgan fingerprint density at radius 3 is 2.35 bits per heavy atom. The number of anilines is 1. The van der Waals surface area contributed by atoms with E-state index < -0.39 is 17.4 Å². The molecule has 7 heteroatoms. The Morgan fingerprint density at radius 2 is 1.69 bits per heavy atom. The third kappa shape index (κ3) is 2.78. The number of aromatic nitrogens is 2. The molecule has 2 heterocycles. The van der Waals surface area contributed by atoms with Crippen molar-refractivity contribution in [2.24, 2.45) is 0 Å². The van der Waals surface area contributed by atoms with Crippen LogP contribution in [0.5, 0.6) is 5.75 Å². The van der Waals surface area contributed by atoms with E-state index in [0.29, 0.717) is 5.69 Å². The molecule has 1 fully saturated rings. The maximum Gasteiger partial charge on any atom is 0.194 e. The molecule has 4 rings (SSSR count). The van der Waals surface area contributed by atoms with Crippen molar-refractivity contribution in [1.82, 2.24) is 9.78 Å². The number of ether oxygens (including phenoxy) is 1. The van der Waals surface area contributed by atoms with Crippen LogP contribution in [-0.4, -0.2) is 40.2 Å². The standard InChI is InChI=1S/C19H19F2N3O2/c1-11-9-23(10-12(2)26-11)14-3-5-15(6-4-14)24-18-13(8-22-24)7-16(20)19(25)17(18)21/h3-8,11-12,25H,9-10H2,1-2H3/t11-,12-/m0/s1. The third-order valence-corrected chi connectivity index (χ3v) is 4.60. The van der Waals surface area contributed by atoms with Gasteiger partial charge in [0.2, 0.25) is 0 Å². The molecule has 5 nitrogen and oxygen atoms in total. The zero-order valence-corrected chi connectivity index (χ0v) is 14.5. The van der Waals surface area contributed by atoms with Crippen molar-refractivity contribution in [3.8, 4) is 11.4 Å². The van der Waals surface area contributed by atoms with E-state index in [1.165, 1.54) is 10.9 Å². The first-order chi connectivity index (χ1) is 12.4. The fourth-order valence-corrected chi connectivity index (χ4v) is 3.50. The topological polar surface area (TPSA) is 50.5 Å². The summed E-state index contributed by atoms with van der Waals surface area (Å²) in [6.07, 6.45) is 1.68. The maximum absolute atomic E-state index is 14.3. The molecule has 0 spiro atoms. The van der Waals surface area contributed by atoms with Crippen LogP contribution >= 0.6 is 0 Å². The number of rotatable bonds is 2. The van der Waals surface area contributed by atoms with Crippen molar-refractivity contribution < 1.29 is 18.6 Å². The van der Waals surface area contributed by atoms with Crippen LogP contribution in [0, 0.1) is 11.6 Å². The number of aromatic hydroxyl groups is 1. The third-order valence-electron chi connectivity index (χ3n) is 4.60. The maximum atomic E-state index is 14.3. The molecule has 0 bridgehead atoms. The Labute approximate surface area is 149 Å². The molecule has 136 valence electrons. The largest absolute Gasteiger partial charge is 0.503 e. The van der Waals surface area contributed by atoms with Crippen LogP contribution in [0.2, 0.25) is 0 Å². The second-order valence-electron chi connectivity index (χ2n) is 6.69. The first-order valence-electron chi connectivity index (χ1n) is 8.49. The minimum absolute atomic E-state index is 0.0465. The van der Waals surface area contributed by atoms with E-state index in [2.05, 4.69) is 10.00 Å². The second-order valence-corrected chi connectivity index (χ2v) is 6.69. The molecule has 0 saturated carbocycles. The highest BCUT2D eigenvalue weighted by molar-refractivity contribution is 5.82. The molecular formula is C19H19F2N3O2. The summed E-state index contributed by atoms with van der Waals surface area (Å²) >= 11 is 0. The molecule has 1 aliphatic heterocycles. The van der Waals surface area contributed by atoms with Gasteiger partial charge in [-0.1, -0.05) is 0 Å². The summed E-state index contributed by atoms with van der Waals surface area (Å²) in [5.74, 6) is -3.01. The fourth-order valence-electron chi connectivity index (χ4n) is 3.50. The van der Waals surface area contributed by atoms with Gasteiger partial charge in [0.25, 0.3) is 0 Å². The molecule has 1 N–H and O–H groups in total. The van der Waals surface area contributed by atoms with Gasteiger partial charge in [0.05, 0.1) is 24.1 Å². The molecule has 0 amide bonds. The van der Waals surface area contributed by atoms with Gasteiger partial charge in [-0.3, -0.25) is 0 Å². The number of hydrogen-bond acceptors (Lipinski definition) is 4. The predicted octanol–water partition coefficient (Wildman–Crippen LogP) is 3.62. The number of fused-ring (bicyclic) bond motifs is 1. The van der Waals surface area contributed by atoms with Crippen molar-refractivity contribution in [1.29, 1.82) is 0 Å². The molecule has 0 radical (unpaired) electrons. The minimum atomic E-state index is -1.02. The van der Waals surface area contributed by atoms with Crippen LogP contribution in [-0.2, 0) is 4.74 Å². The molecule has 0 aliphatic carbocycles. The van der Waals surface area contributed by atoms with E-state index in [-0.39, 0.29) is 23.1 Å². The van der Waals surface area contributed by atoms with Crippen molar-refractivity contribution in [3.63, 3.8) is 0 Å². The Hall–Kier alpha value is -2.67. The van der Waals surface area contributed by atoms with Crippen molar-refractivity contribution >= 4 is 16.6 Å². The van der Waals surface area contributed by atoms with Crippen molar-refractivity contribution in [3.05, 3.63) is 48.2 Å². The van der Waals surface area contributed by atoms with Gasteiger partial charge in [0, 0.05) is 24.2 Å². The number of halogens is 2. The van der Waals surface area contributed by atoms with E-state index >= 15 is 0 Å². The lowest BCUT2D eigenvalue weighted by Crippen LogP contribution is -2.45. The zero-order chi connectivity index (χ0) is 18.4. The highest BCUT2D eigenvalue weighted by atomic mass is 19.1. The van der Waals surface area contributed by atoms with Gasteiger partial charge in [0.15, 0.2) is 17.4 Å². The molecule has 2 aromatic carbocycles. The second kappa shape index (κ2) is 6.25. The molecule has 26 heavy (non-hydrogen) atoms. The lowest BCUT2D eigenvalue weighted by Gasteiger charge is -2.36. The van der Waals surface area contributed by atoms with Crippen LogP contribution in [0.3, 0.4) is 0 Å². The van der Waals surface area contributed by atoms with E-state index in [0.717, 1.165) is 24.8 Å². The average Bonchev–Trinajstić information content (AvgIpc) is 3.03. The summed E-state index contributed by atoms with van der Waals surface area (Å²) in [4.78, 5) is 2.24. The highest BCUT2D eigenvalue weighted by Gasteiger charge is 2.23. The van der Waals surface area contributed by atoms with Gasteiger partial charge < -0.3 is 14.7 Å². The molecule has 0 unspecified atom stereocenters. The van der Waals surface area contributed by atoms with Crippen molar-refractivity contribution in [2.45, 2.75) is 26.1 Å². The van der Waals surface area contributed by atoms with E-state index in [1.807, 2.05) is 38.1 Å². The first-order valence-corrected chi connectivity index (χ1v) is 8.49. The summed E-state index contributed by atoms with van der Waals surface area (Å²) in [6.45, 7) is 5.69. The number of benzene rings is 2. The Morgan fingerprint density at radius 1 is 1.08 bits per heavy atom. The molecule has 2 atom stereocenters. The molecule has 1 saturated heterocycles. The normalized spacial score (nSPS) is 20.7. The molecule has 3 aromatic rings. The van der Waals surface area contributed by atoms with Crippen molar-refractivity contribution in [2.75, 3.05) is 18.0 Å². The smallest absolute Gasteiger partial charge is 0.194 e. The van der Waals surface area contributed by atoms with E-state index in [1.54, 1.807) is 0 Å². The van der Waals surface area contributed by atoms with Gasteiger partial charge in [0.1, 0.15) is 5.52 Å². The summed E-state index contributed by atoms with van der Waals surface area (Å²) in [5, 5.41) is 14.0. The fraction of sp³-hybridized carbons (Fsp3) is 0.316. The Bertz CT molecular complexity index is 946. The van der Waals surface area contributed by atoms with E-state index in [4.69, 9.17) is 4.74 Å². The van der Waals surface area contributed by atoms with Gasteiger partial charge in [-0.25, -0.2) is 13.5 Å². The number of morpholine rings is 1. The monoisotopic (exact) mass is 359 g/mol. The predicted molar refractivity (Wildman–Crippen MR) is 94.9 cm³/mol. The Kier molecular flexibility index (Phi) is 4.03. The minimum Gasteiger partial charge on any atom is -0.503 e.